The molecule has 4 heteroatoms. The average Bonchev–Trinajstić information content (AvgIpc) is 3.09. The van der Waals surface area contributed by atoms with E-state index in [2.05, 4.69) is 43.2 Å². The lowest BCUT2D eigenvalue weighted by Crippen LogP contribution is -2.24. The number of rotatable bonds is 2. The van der Waals surface area contributed by atoms with Gasteiger partial charge in [-0.25, -0.2) is 4.99 Å². The first-order chi connectivity index (χ1) is 10.4. The van der Waals surface area contributed by atoms with Crippen molar-refractivity contribution in [1.29, 1.82) is 0 Å². The molecule has 0 fully saturated rings. The van der Waals surface area contributed by atoms with Crippen molar-refractivity contribution in [1.82, 2.24) is 5.32 Å². The van der Waals surface area contributed by atoms with Crippen LogP contribution in [-0.4, -0.2) is 11.7 Å². The van der Waals surface area contributed by atoms with Crippen LogP contribution in [0, 0.1) is 0 Å². The Hall–Kier alpha value is -2.62. The molecule has 1 N–H and O–H groups in total. The van der Waals surface area contributed by atoms with Crippen LogP contribution in [0.2, 0.25) is 0 Å². The molecule has 0 atom stereocenters. The summed E-state index contributed by atoms with van der Waals surface area (Å²) in [6.45, 7) is 6.51. The number of furan rings is 1. The number of hydrogen-bond donors (Lipinski definition) is 1. The molecule has 0 saturated carbocycles. The number of benzene rings is 1. The fourth-order valence-corrected chi connectivity index (χ4v) is 2.24. The fourth-order valence-electron chi connectivity index (χ4n) is 2.24. The second kappa shape index (κ2) is 5.30. The molecule has 2 aromatic rings. The van der Waals surface area contributed by atoms with Crippen LogP contribution in [-0.2, 0) is 10.2 Å². The predicted octanol–water partition coefficient (Wildman–Crippen LogP) is 3.49. The summed E-state index contributed by atoms with van der Waals surface area (Å²) in [5.41, 5.74) is 2.70. The van der Waals surface area contributed by atoms with E-state index in [1.165, 1.54) is 5.56 Å². The molecular formula is C18H18N2O2. The summed E-state index contributed by atoms with van der Waals surface area (Å²) in [6, 6.07) is 11.7. The zero-order valence-electron chi connectivity index (χ0n) is 12.9. The highest BCUT2D eigenvalue weighted by Gasteiger charge is 2.22. The molecule has 0 radical (unpaired) electrons. The maximum atomic E-state index is 12.0. The average molecular weight is 294 g/mol. The highest BCUT2D eigenvalue weighted by Crippen LogP contribution is 2.23. The fraction of sp³-hybridized carbons (Fsp3) is 0.222. The van der Waals surface area contributed by atoms with Crippen molar-refractivity contribution in [3.05, 3.63) is 65.2 Å². The molecular weight excluding hydrogens is 276 g/mol. The van der Waals surface area contributed by atoms with E-state index in [1.807, 2.05) is 12.1 Å². The Bertz CT molecular complexity index is 745. The van der Waals surface area contributed by atoms with Gasteiger partial charge in [0.25, 0.3) is 5.91 Å². The van der Waals surface area contributed by atoms with Crippen LogP contribution in [0.1, 0.15) is 37.7 Å². The van der Waals surface area contributed by atoms with Crippen molar-refractivity contribution < 1.29 is 9.21 Å². The lowest BCUT2D eigenvalue weighted by Gasteiger charge is -2.18. The van der Waals surface area contributed by atoms with Gasteiger partial charge in [-0.3, -0.25) is 4.79 Å². The minimum Gasteiger partial charge on any atom is -0.461 e. The molecule has 0 bridgehead atoms. The Morgan fingerprint density at radius 3 is 2.45 bits per heavy atom. The molecule has 0 spiro atoms. The summed E-state index contributed by atoms with van der Waals surface area (Å²) in [7, 11) is 0. The highest BCUT2D eigenvalue weighted by atomic mass is 16.3. The van der Waals surface area contributed by atoms with Gasteiger partial charge in [0.15, 0.2) is 11.6 Å². The number of nitrogens with zero attached hydrogens (tertiary/aromatic N) is 1. The Labute approximate surface area is 129 Å². The van der Waals surface area contributed by atoms with Gasteiger partial charge in [0, 0.05) is 0 Å². The maximum Gasteiger partial charge on any atom is 0.275 e. The first-order valence-corrected chi connectivity index (χ1v) is 7.20. The SMILES string of the molecule is CC(C)(C)c1ccc(/C=C2/N=C(c3ccco3)NC2=O)cc1. The number of amidine groups is 1. The summed E-state index contributed by atoms with van der Waals surface area (Å²) in [6.07, 6.45) is 3.33. The molecule has 4 nitrogen and oxygen atoms in total. The van der Waals surface area contributed by atoms with Crippen LogP contribution in [0.15, 0.2) is 57.8 Å². The van der Waals surface area contributed by atoms with E-state index in [-0.39, 0.29) is 11.3 Å². The molecule has 0 unspecified atom stereocenters. The van der Waals surface area contributed by atoms with Crippen molar-refractivity contribution in [2.24, 2.45) is 4.99 Å². The molecule has 3 rings (SSSR count). The normalized spacial score (nSPS) is 16.8. The van der Waals surface area contributed by atoms with Gasteiger partial charge in [0.05, 0.1) is 6.26 Å². The van der Waals surface area contributed by atoms with Gasteiger partial charge in [0.2, 0.25) is 0 Å². The lowest BCUT2D eigenvalue weighted by atomic mass is 9.87. The van der Waals surface area contributed by atoms with Crippen molar-refractivity contribution in [3.8, 4) is 0 Å². The Balaban J connectivity index is 1.87. The van der Waals surface area contributed by atoms with Gasteiger partial charge >= 0.3 is 0 Å². The third kappa shape index (κ3) is 2.86. The number of carbonyl (C=O) groups excluding carboxylic acids is 1. The van der Waals surface area contributed by atoms with Crippen LogP contribution in [0.3, 0.4) is 0 Å². The molecule has 1 aromatic heterocycles. The number of nitrogens with one attached hydrogen (secondary N) is 1. The van der Waals surface area contributed by atoms with E-state index >= 15 is 0 Å². The lowest BCUT2D eigenvalue weighted by molar-refractivity contribution is -0.115. The van der Waals surface area contributed by atoms with E-state index in [1.54, 1.807) is 24.5 Å². The Kier molecular flexibility index (Phi) is 3.45. The second-order valence-corrected chi connectivity index (χ2v) is 6.29. The van der Waals surface area contributed by atoms with Crippen LogP contribution in [0.4, 0.5) is 0 Å². The highest BCUT2D eigenvalue weighted by molar-refractivity contribution is 6.18. The van der Waals surface area contributed by atoms with Gasteiger partial charge in [-0.1, -0.05) is 45.0 Å². The molecule has 0 aliphatic carbocycles. The smallest absolute Gasteiger partial charge is 0.275 e. The number of aliphatic imine (C=N–C) groups is 1. The minimum absolute atomic E-state index is 0.112. The van der Waals surface area contributed by atoms with E-state index in [0.29, 0.717) is 17.3 Å². The maximum absolute atomic E-state index is 12.0. The van der Waals surface area contributed by atoms with E-state index in [4.69, 9.17) is 4.42 Å². The monoisotopic (exact) mass is 294 g/mol. The van der Waals surface area contributed by atoms with E-state index in [0.717, 1.165) is 5.56 Å². The molecule has 22 heavy (non-hydrogen) atoms. The second-order valence-electron chi connectivity index (χ2n) is 6.29. The molecule has 1 amide bonds. The summed E-state index contributed by atoms with van der Waals surface area (Å²) < 4.78 is 5.24. The van der Waals surface area contributed by atoms with Crippen molar-refractivity contribution >= 4 is 17.8 Å². The van der Waals surface area contributed by atoms with Crippen molar-refractivity contribution in [3.63, 3.8) is 0 Å². The van der Waals surface area contributed by atoms with Crippen LogP contribution in [0.5, 0.6) is 0 Å². The summed E-state index contributed by atoms with van der Waals surface area (Å²) >= 11 is 0. The summed E-state index contributed by atoms with van der Waals surface area (Å²) in [5, 5.41) is 2.71. The van der Waals surface area contributed by atoms with Gasteiger partial charge in [-0.15, -0.1) is 0 Å². The van der Waals surface area contributed by atoms with Gasteiger partial charge < -0.3 is 9.73 Å². The van der Waals surface area contributed by atoms with Crippen LogP contribution < -0.4 is 5.32 Å². The molecule has 1 aliphatic rings. The third-order valence-corrected chi connectivity index (χ3v) is 3.53. The van der Waals surface area contributed by atoms with E-state index < -0.39 is 0 Å². The topological polar surface area (TPSA) is 54.6 Å². The first-order valence-electron chi connectivity index (χ1n) is 7.20. The zero-order valence-corrected chi connectivity index (χ0v) is 12.9. The number of carbonyl (C=O) groups is 1. The molecule has 0 saturated heterocycles. The predicted molar refractivity (Wildman–Crippen MR) is 86.5 cm³/mol. The van der Waals surface area contributed by atoms with Crippen molar-refractivity contribution in [2.45, 2.75) is 26.2 Å². The van der Waals surface area contributed by atoms with Crippen LogP contribution >= 0.6 is 0 Å². The Morgan fingerprint density at radius 2 is 1.86 bits per heavy atom. The number of amides is 1. The Morgan fingerprint density at radius 1 is 1.14 bits per heavy atom. The minimum atomic E-state index is -0.216. The van der Waals surface area contributed by atoms with Gasteiger partial charge in [0.1, 0.15) is 5.70 Å². The first kappa shape index (κ1) is 14.3. The largest absolute Gasteiger partial charge is 0.461 e. The van der Waals surface area contributed by atoms with Gasteiger partial charge in [-0.2, -0.15) is 0 Å². The quantitative estimate of drug-likeness (QED) is 0.862. The van der Waals surface area contributed by atoms with Crippen molar-refractivity contribution in [2.75, 3.05) is 0 Å². The molecule has 2 heterocycles. The summed E-state index contributed by atoms with van der Waals surface area (Å²) in [5.74, 6) is 0.790. The standard InChI is InChI=1S/C18H18N2O2/c1-18(2,3)13-8-6-12(7-9-13)11-14-17(21)20-16(19-14)15-5-4-10-22-15/h4-11H,1-3H3,(H,19,20,21)/b14-11+. The summed E-state index contributed by atoms with van der Waals surface area (Å²) in [4.78, 5) is 16.3. The zero-order chi connectivity index (χ0) is 15.7. The third-order valence-electron chi connectivity index (χ3n) is 3.53. The van der Waals surface area contributed by atoms with Gasteiger partial charge in [-0.05, 0) is 34.8 Å². The molecule has 1 aromatic carbocycles. The van der Waals surface area contributed by atoms with E-state index in [9.17, 15) is 4.79 Å². The molecule has 112 valence electrons. The molecule has 1 aliphatic heterocycles. The van der Waals surface area contributed by atoms with Crippen LogP contribution in [0.25, 0.3) is 6.08 Å². The number of hydrogen-bond acceptors (Lipinski definition) is 3.